The SMILES string of the molecule is CCNc1ncnc(N2CCSC(C)(C)CC2)c1C(C)C. The van der Waals surface area contributed by atoms with Gasteiger partial charge in [-0.25, -0.2) is 9.97 Å². The summed E-state index contributed by atoms with van der Waals surface area (Å²) >= 11 is 2.07. The van der Waals surface area contributed by atoms with E-state index in [-0.39, 0.29) is 0 Å². The van der Waals surface area contributed by atoms with Crippen LogP contribution in [0.25, 0.3) is 0 Å². The lowest BCUT2D eigenvalue weighted by Crippen LogP contribution is -2.29. The fourth-order valence-electron chi connectivity index (χ4n) is 2.71. The molecule has 1 aromatic rings. The van der Waals surface area contributed by atoms with Crippen LogP contribution in [0.2, 0.25) is 0 Å². The van der Waals surface area contributed by atoms with Crippen LogP contribution in [0.15, 0.2) is 6.33 Å². The van der Waals surface area contributed by atoms with Crippen LogP contribution in [0.3, 0.4) is 0 Å². The lowest BCUT2D eigenvalue weighted by molar-refractivity contribution is 0.632. The molecule has 1 aromatic heterocycles. The third kappa shape index (κ3) is 4.02. The van der Waals surface area contributed by atoms with Crippen LogP contribution in [0.1, 0.15) is 52.5 Å². The van der Waals surface area contributed by atoms with E-state index in [1.807, 2.05) is 0 Å². The van der Waals surface area contributed by atoms with Gasteiger partial charge in [0, 0.05) is 35.7 Å². The largest absolute Gasteiger partial charge is 0.370 e. The van der Waals surface area contributed by atoms with Gasteiger partial charge in [0.05, 0.1) is 0 Å². The Hall–Kier alpha value is -0.970. The maximum atomic E-state index is 4.62. The highest BCUT2D eigenvalue weighted by atomic mass is 32.2. The molecule has 0 bridgehead atoms. The lowest BCUT2D eigenvalue weighted by atomic mass is 10.0. The minimum absolute atomic E-state index is 0.365. The first-order valence-electron chi connectivity index (χ1n) is 7.92. The topological polar surface area (TPSA) is 41.1 Å². The van der Waals surface area contributed by atoms with Crippen molar-refractivity contribution in [2.45, 2.75) is 51.7 Å². The molecule has 0 aliphatic carbocycles. The molecule has 1 N–H and O–H groups in total. The van der Waals surface area contributed by atoms with Crippen LogP contribution >= 0.6 is 11.8 Å². The normalized spacial score (nSPS) is 18.7. The number of hydrogen-bond acceptors (Lipinski definition) is 5. The molecule has 5 heteroatoms. The molecule has 0 radical (unpaired) electrons. The molecule has 0 atom stereocenters. The molecule has 0 aromatic carbocycles. The molecular formula is C16H28N4S. The van der Waals surface area contributed by atoms with Crippen LogP contribution < -0.4 is 10.2 Å². The van der Waals surface area contributed by atoms with Gasteiger partial charge in [-0.15, -0.1) is 0 Å². The van der Waals surface area contributed by atoms with Gasteiger partial charge in [0.25, 0.3) is 0 Å². The van der Waals surface area contributed by atoms with Gasteiger partial charge >= 0.3 is 0 Å². The molecule has 0 unspecified atom stereocenters. The van der Waals surface area contributed by atoms with Crippen molar-refractivity contribution >= 4 is 23.4 Å². The van der Waals surface area contributed by atoms with E-state index < -0.39 is 0 Å². The number of hydrogen-bond donors (Lipinski definition) is 1. The number of anilines is 2. The monoisotopic (exact) mass is 308 g/mol. The second-order valence-electron chi connectivity index (χ2n) is 6.49. The maximum absolute atomic E-state index is 4.62. The first-order valence-corrected chi connectivity index (χ1v) is 8.91. The molecule has 1 aliphatic heterocycles. The molecule has 0 amide bonds. The van der Waals surface area contributed by atoms with Crippen LogP contribution in [0.4, 0.5) is 11.6 Å². The summed E-state index contributed by atoms with van der Waals surface area (Å²) < 4.78 is 0.365. The van der Waals surface area contributed by atoms with Crippen molar-refractivity contribution in [1.82, 2.24) is 9.97 Å². The van der Waals surface area contributed by atoms with Crippen molar-refractivity contribution in [2.75, 3.05) is 35.6 Å². The third-order valence-corrected chi connectivity index (χ3v) is 5.29. The van der Waals surface area contributed by atoms with Crippen LogP contribution in [0.5, 0.6) is 0 Å². The Kier molecular flexibility index (Phi) is 5.36. The van der Waals surface area contributed by atoms with Crippen molar-refractivity contribution in [3.8, 4) is 0 Å². The van der Waals surface area contributed by atoms with Gasteiger partial charge < -0.3 is 10.2 Å². The molecule has 2 heterocycles. The minimum Gasteiger partial charge on any atom is -0.370 e. The second kappa shape index (κ2) is 6.86. The number of thioether (sulfide) groups is 1. The Morgan fingerprint density at radius 3 is 2.76 bits per heavy atom. The molecule has 4 nitrogen and oxygen atoms in total. The zero-order valence-corrected chi connectivity index (χ0v) is 14.8. The molecule has 1 fully saturated rings. The van der Waals surface area contributed by atoms with E-state index in [0.717, 1.165) is 37.0 Å². The van der Waals surface area contributed by atoms with Gasteiger partial charge in [-0.2, -0.15) is 11.8 Å². The van der Waals surface area contributed by atoms with E-state index >= 15 is 0 Å². The molecule has 21 heavy (non-hydrogen) atoms. The van der Waals surface area contributed by atoms with E-state index in [9.17, 15) is 0 Å². The Morgan fingerprint density at radius 1 is 1.33 bits per heavy atom. The van der Waals surface area contributed by atoms with E-state index in [0.29, 0.717) is 10.7 Å². The standard InChI is InChI=1S/C16H28N4S/c1-6-17-14-13(12(2)3)15(19-11-18-14)20-8-7-16(4,5)21-10-9-20/h11-12H,6-10H2,1-5H3,(H,17,18,19). The van der Waals surface area contributed by atoms with Crippen LogP contribution in [0, 0.1) is 0 Å². The van der Waals surface area contributed by atoms with E-state index in [1.165, 1.54) is 12.0 Å². The minimum atomic E-state index is 0.365. The zero-order valence-electron chi connectivity index (χ0n) is 13.9. The highest BCUT2D eigenvalue weighted by Crippen LogP contribution is 2.35. The quantitative estimate of drug-likeness (QED) is 0.917. The van der Waals surface area contributed by atoms with Gasteiger partial charge in [0.1, 0.15) is 18.0 Å². The van der Waals surface area contributed by atoms with E-state index in [1.54, 1.807) is 6.33 Å². The Bertz CT molecular complexity index is 473. The van der Waals surface area contributed by atoms with Crippen LogP contribution in [-0.4, -0.2) is 40.1 Å². The molecule has 0 saturated carbocycles. The van der Waals surface area contributed by atoms with Gasteiger partial charge in [0.15, 0.2) is 0 Å². The number of nitrogens with zero attached hydrogens (tertiary/aromatic N) is 3. The molecular weight excluding hydrogens is 280 g/mol. The summed E-state index contributed by atoms with van der Waals surface area (Å²) in [5.74, 6) is 3.69. The first kappa shape index (κ1) is 16.4. The number of aromatic nitrogens is 2. The fraction of sp³-hybridized carbons (Fsp3) is 0.750. The fourth-order valence-corrected chi connectivity index (χ4v) is 3.81. The average Bonchev–Trinajstić information content (AvgIpc) is 2.59. The second-order valence-corrected chi connectivity index (χ2v) is 8.29. The number of rotatable bonds is 4. The summed E-state index contributed by atoms with van der Waals surface area (Å²) in [7, 11) is 0. The predicted octanol–water partition coefficient (Wildman–Crippen LogP) is 3.75. The van der Waals surface area contributed by atoms with Gasteiger partial charge in [0.2, 0.25) is 0 Å². The molecule has 118 valence electrons. The summed E-state index contributed by atoms with van der Waals surface area (Å²) in [5, 5.41) is 3.39. The average molecular weight is 308 g/mol. The first-order chi connectivity index (χ1) is 9.94. The van der Waals surface area contributed by atoms with Gasteiger partial charge in [-0.1, -0.05) is 27.7 Å². The summed E-state index contributed by atoms with van der Waals surface area (Å²) in [6.45, 7) is 14.3. The summed E-state index contributed by atoms with van der Waals surface area (Å²) in [5.41, 5.74) is 1.25. The van der Waals surface area contributed by atoms with Crippen molar-refractivity contribution in [3.63, 3.8) is 0 Å². The van der Waals surface area contributed by atoms with Gasteiger partial charge in [-0.05, 0) is 19.3 Å². The van der Waals surface area contributed by atoms with Crippen molar-refractivity contribution in [2.24, 2.45) is 0 Å². The van der Waals surface area contributed by atoms with Crippen LogP contribution in [-0.2, 0) is 0 Å². The smallest absolute Gasteiger partial charge is 0.137 e. The zero-order chi connectivity index (χ0) is 15.5. The molecule has 2 rings (SSSR count). The molecule has 1 saturated heterocycles. The van der Waals surface area contributed by atoms with E-state index in [4.69, 9.17) is 0 Å². The Balaban J connectivity index is 2.32. The lowest BCUT2D eigenvalue weighted by Gasteiger charge is -2.27. The highest BCUT2D eigenvalue weighted by Gasteiger charge is 2.26. The van der Waals surface area contributed by atoms with Gasteiger partial charge in [-0.3, -0.25) is 0 Å². The third-order valence-electron chi connectivity index (χ3n) is 3.92. The van der Waals surface area contributed by atoms with E-state index in [2.05, 4.69) is 66.6 Å². The predicted molar refractivity (Wildman–Crippen MR) is 93.7 cm³/mol. The maximum Gasteiger partial charge on any atom is 0.137 e. The number of nitrogens with one attached hydrogen (secondary N) is 1. The highest BCUT2D eigenvalue weighted by molar-refractivity contribution is 8.00. The summed E-state index contributed by atoms with van der Waals surface area (Å²) in [6, 6.07) is 0. The Labute approximate surface area is 133 Å². The summed E-state index contributed by atoms with van der Waals surface area (Å²) in [6.07, 6.45) is 2.89. The van der Waals surface area contributed by atoms with Crippen molar-refractivity contribution in [1.29, 1.82) is 0 Å². The van der Waals surface area contributed by atoms with Crippen molar-refractivity contribution in [3.05, 3.63) is 11.9 Å². The molecule has 1 aliphatic rings. The summed E-state index contributed by atoms with van der Waals surface area (Å²) in [4.78, 5) is 11.5. The molecule has 0 spiro atoms. The van der Waals surface area contributed by atoms with Crippen molar-refractivity contribution < 1.29 is 0 Å². The Morgan fingerprint density at radius 2 is 2.10 bits per heavy atom.